The minimum atomic E-state index is -4.40. The highest BCUT2D eigenvalue weighted by Crippen LogP contribution is 2.28. The van der Waals surface area contributed by atoms with Crippen molar-refractivity contribution in [2.75, 3.05) is 19.7 Å². The van der Waals surface area contributed by atoms with E-state index < -0.39 is 38.6 Å². The zero-order valence-electron chi connectivity index (χ0n) is 19.2. The molecule has 1 heterocycles. The average molecular weight is 497 g/mol. The molecule has 0 saturated carbocycles. The number of nitro groups is 1. The molecule has 0 aliphatic carbocycles. The quantitative estimate of drug-likeness (QED) is 0.309. The summed E-state index contributed by atoms with van der Waals surface area (Å²) in [4.78, 5) is 41.1. The molecule has 0 spiro atoms. The highest BCUT2D eigenvalue weighted by atomic mass is 32.2. The molecule has 0 radical (unpaired) electrons. The predicted molar refractivity (Wildman–Crippen MR) is 122 cm³/mol. The van der Waals surface area contributed by atoms with E-state index >= 15 is 0 Å². The maximum atomic E-state index is 13.5. The third kappa shape index (κ3) is 6.85. The summed E-state index contributed by atoms with van der Waals surface area (Å²) in [5.74, 6) is -0.696. The van der Waals surface area contributed by atoms with Gasteiger partial charge < -0.3 is 15.4 Å². The van der Waals surface area contributed by atoms with E-state index in [0.29, 0.717) is 10.0 Å². The summed E-state index contributed by atoms with van der Waals surface area (Å²) >= 11 is 0. The summed E-state index contributed by atoms with van der Waals surface area (Å²) in [6.45, 7) is 8.28. The highest BCUT2D eigenvalue weighted by Gasteiger charge is 2.40. The first-order chi connectivity index (χ1) is 15.8. The van der Waals surface area contributed by atoms with Crippen LogP contribution in [-0.2, 0) is 24.4 Å². The molecule has 0 saturated heterocycles. The van der Waals surface area contributed by atoms with E-state index in [1.807, 2.05) is 0 Å². The van der Waals surface area contributed by atoms with E-state index in [1.54, 1.807) is 20.8 Å². The number of hydroxylamine groups is 1. The van der Waals surface area contributed by atoms with E-state index in [9.17, 15) is 28.1 Å². The summed E-state index contributed by atoms with van der Waals surface area (Å²) in [5, 5.41) is 10.9. The fourth-order valence-corrected chi connectivity index (χ4v) is 4.55. The number of amides is 2. The van der Waals surface area contributed by atoms with Gasteiger partial charge in [-0.25, -0.2) is 13.2 Å². The zero-order chi connectivity index (χ0) is 25.7. The van der Waals surface area contributed by atoms with Crippen molar-refractivity contribution in [1.82, 2.24) is 9.37 Å². The van der Waals surface area contributed by atoms with Crippen LogP contribution in [0.5, 0.6) is 0 Å². The lowest BCUT2D eigenvalue weighted by molar-refractivity contribution is -0.384. The first kappa shape index (κ1) is 27.0. The van der Waals surface area contributed by atoms with Crippen LogP contribution in [0.3, 0.4) is 0 Å². The normalized spacial score (nSPS) is 16.6. The second-order valence-electron chi connectivity index (χ2n) is 8.42. The fraction of sp³-hybridized carbons (Fsp3) is 0.429. The smallest absolute Gasteiger partial charge is 0.410 e. The van der Waals surface area contributed by atoms with Gasteiger partial charge in [-0.1, -0.05) is 16.6 Å². The first-order valence-corrected chi connectivity index (χ1v) is 11.7. The second-order valence-corrected chi connectivity index (χ2v) is 10.2. The average Bonchev–Trinajstić information content (AvgIpc) is 2.73. The topological polar surface area (TPSA) is 162 Å². The van der Waals surface area contributed by atoms with Crippen LogP contribution in [0, 0.1) is 10.1 Å². The molecule has 1 aromatic rings. The molecule has 2 rings (SSSR count). The molecule has 1 aliphatic heterocycles. The van der Waals surface area contributed by atoms with Gasteiger partial charge in [-0.15, -0.1) is 6.58 Å². The van der Waals surface area contributed by atoms with E-state index in [0.717, 1.165) is 24.3 Å². The predicted octanol–water partition coefficient (Wildman–Crippen LogP) is 2.12. The highest BCUT2D eigenvalue weighted by molar-refractivity contribution is 7.89. The molecule has 0 aromatic heterocycles. The first-order valence-electron chi connectivity index (χ1n) is 10.2. The van der Waals surface area contributed by atoms with Gasteiger partial charge in [-0.2, -0.15) is 0 Å². The Balaban J connectivity index is 2.50. The summed E-state index contributed by atoms with van der Waals surface area (Å²) in [6.07, 6.45) is 1.91. The Kier molecular flexibility index (Phi) is 8.53. The zero-order valence-corrected chi connectivity index (χ0v) is 20.0. The van der Waals surface area contributed by atoms with Crippen molar-refractivity contribution in [3.05, 3.63) is 58.7 Å². The van der Waals surface area contributed by atoms with E-state index in [4.69, 9.17) is 15.3 Å². The maximum Gasteiger partial charge on any atom is 0.410 e. The van der Waals surface area contributed by atoms with Gasteiger partial charge >= 0.3 is 6.09 Å². The van der Waals surface area contributed by atoms with Gasteiger partial charge in [0.25, 0.3) is 15.7 Å². The molecular formula is C21H28N4O8S. The maximum absolute atomic E-state index is 13.5. The van der Waals surface area contributed by atoms with E-state index in [1.165, 1.54) is 17.1 Å². The molecule has 2 N–H and O–H groups in total. The van der Waals surface area contributed by atoms with Crippen LogP contribution in [0.15, 0.2) is 53.5 Å². The number of non-ortho nitro benzene ring substituents is 1. The molecule has 34 heavy (non-hydrogen) atoms. The summed E-state index contributed by atoms with van der Waals surface area (Å²) < 4.78 is 33.0. The Morgan fingerprint density at radius 3 is 2.44 bits per heavy atom. The molecule has 13 heteroatoms. The molecule has 186 valence electrons. The van der Waals surface area contributed by atoms with Gasteiger partial charge in [0.05, 0.1) is 22.5 Å². The standard InChI is InChI=1S/C21H28N4O8S/c1-5-12-32-25(34(30,31)17-8-6-16(7-9-17)24(28)29)18-14-23(20(27)33-21(2,3)4)11-10-15(18)13-19(22)26/h5-10,18H,1,11-14H2,2-4H3,(H2,22,26)/t18-/m0/s1. The number of rotatable bonds is 9. The molecule has 1 aromatic carbocycles. The number of primary amides is 1. The third-order valence-electron chi connectivity index (χ3n) is 4.58. The number of ether oxygens (including phenoxy) is 1. The van der Waals surface area contributed by atoms with Crippen LogP contribution in [0.2, 0.25) is 0 Å². The lowest BCUT2D eigenvalue weighted by Gasteiger charge is -2.38. The fourth-order valence-electron chi connectivity index (χ4n) is 3.13. The van der Waals surface area contributed by atoms with Gasteiger partial charge in [0, 0.05) is 31.6 Å². The van der Waals surface area contributed by atoms with E-state index in [-0.39, 0.29) is 36.7 Å². The molecule has 0 fully saturated rings. The number of hydrogen-bond donors (Lipinski definition) is 1. The van der Waals surface area contributed by atoms with E-state index in [2.05, 4.69) is 6.58 Å². The molecule has 1 aliphatic rings. The number of benzene rings is 1. The van der Waals surface area contributed by atoms with Crippen molar-refractivity contribution in [3.63, 3.8) is 0 Å². The Hall–Kier alpha value is -3.29. The van der Waals surface area contributed by atoms with Gasteiger partial charge in [-0.05, 0) is 38.5 Å². The largest absolute Gasteiger partial charge is 0.444 e. The number of carbonyl (C=O) groups is 2. The van der Waals surface area contributed by atoms with Crippen LogP contribution in [0.25, 0.3) is 0 Å². The Morgan fingerprint density at radius 1 is 1.32 bits per heavy atom. The van der Waals surface area contributed by atoms with Crippen molar-refractivity contribution in [2.24, 2.45) is 5.73 Å². The SMILES string of the molecule is C=CCON([C@H]1CN(C(=O)OC(C)(C)C)CC=C1CC(N)=O)S(=O)(=O)c1ccc([N+](=O)[O-])cc1. The Labute approximate surface area is 197 Å². The van der Waals surface area contributed by atoms with Crippen LogP contribution < -0.4 is 5.73 Å². The summed E-state index contributed by atoms with van der Waals surface area (Å²) in [5.41, 5.74) is 4.61. The summed E-state index contributed by atoms with van der Waals surface area (Å²) in [6, 6.07) is 3.13. The van der Waals surface area contributed by atoms with Crippen molar-refractivity contribution in [2.45, 2.75) is 43.7 Å². The lowest BCUT2D eigenvalue weighted by atomic mass is 10.00. The number of sulfonamides is 1. The number of carbonyl (C=O) groups excluding carboxylic acids is 2. The minimum Gasteiger partial charge on any atom is -0.444 e. The molecule has 0 bridgehead atoms. The van der Waals surface area contributed by atoms with Crippen molar-refractivity contribution in [3.8, 4) is 0 Å². The van der Waals surface area contributed by atoms with Crippen LogP contribution in [0.4, 0.5) is 10.5 Å². The number of nitrogens with two attached hydrogens (primary N) is 1. The minimum absolute atomic E-state index is 0.0703. The molecule has 2 amide bonds. The van der Waals surface area contributed by atoms with Gasteiger partial charge in [-0.3, -0.25) is 19.7 Å². The number of nitrogens with zero attached hydrogens (tertiary/aromatic N) is 3. The monoisotopic (exact) mass is 496 g/mol. The molecular weight excluding hydrogens is 468 g/mol. The molecule has 1 atom stereocenters. The molecule has 12 nitrogen and oxygen atoms in total. The van der Waals surface area contributed by atoms with Gasteiger partial charge in [0.2, 0.25) is 5.91 Å². The van der Waals surface area contributed by atoms with Crippen molar-refractivity contribution in [1.29, 1.82) is 0 Å². The Morgan fingerprint density at radius 2 is 1.94 bits per heavy atom. The van der Waals surface area contributed by atoms with Gasteiger partial charge in [0.1, 0.15) is 5.60 Å². The van der Waals surface area contributed by atoms with Crippen LogP contribution in [0.1, 0.15) is 27.2 Å². The number of hydrogen-bond acceptors (Lipinski definition) is 8. The lowest BCUT2D eigenvalue weighted by Crippen LogP contribution is -2.52. The summed E-state index contributed by atoms with van der Waals surface area (Å²) in [7, 11) is -4.40. The third-order valence-corrected chi connectivity index (χ3v) is 6.28. The Bertz CT molecular complexity index is 1080. The van der Waals surface area contributed by atoms with Gasteiger partial charge in [0.15, 0.2) is 0 Å². The van der Waals surface area contributed by atoms with Crippen LogP contribution >= 0.6 is 0 Å². The molecule has 0 unspecified atom stereocenters. The van der Waals surface area contributed by atoms with Crippen molar-refractivity contribution >= 4 is 27.7 Å². The number of nitro benzene ring substituents is 1. The second kappa shape index (κ2) is 10.8. The van der Waals surface area contributed by atoms with Crippen LogP contribution in [-0.4, -0.2) is 66.0 Å². The van der Waals surface area contributed by atoms with Crippen molar-refractivity contribution < 1.29 is 32.5 Å².